The van der Waals surface area contributed by atoms with Gasteiger partial charge in [0.25, 0.3) is 0 Å². The van der Waals surface area contributed by atoms with Crippen molar-refractivity contribution < 1.29 is 9.53 Å². The monoisotopic (exact) mass is 371 g/mol. The molecule has 1 amide bonds. The van der Waals surface area contributed by atoms with Gasteiger partial charge in [-0.1, -0.05) is 18.3 Å². The highest BCUT2D eigenvalue weighted by molar-refractivity contribution is 9.10. The van der Waals surface area contributed by atoms with Gasteiger partial charge in [-0.15, -0.1) is 0 Å². The Bertz CT molecular complexity index is 545. The number of carbonyl (C=O) groups excluding carboxylic acids is 1. The van der Waals surface area contributed by atoms with Crippen molar-refractivity contribution in [1.82, 2.24) is 4.90 Å². The summed E-state index contributed by atoms with van der Waals surface area (Å²) < 4.78 is 5.91. The van der Waals surface area contributed by atoms with Gasteiger partial charge in [0.2, 0.25) is 0 Å². The van der Waals surface area contributed by atoms with E-state index in [1.807, 2.05) is 25.1 Å². The fraction of sp³-hybridized carbons (Fsp3) is 0.429. The predicted octanol–water partition coefficient (Wildman–Crippen LogP) is 2.36. The Balaban J connectivity index is 2.11. The first-order valence-electron chi connectivity index (χ1n) is 6.79. The molecule has 0 spiro atoms. The van der Waals surface area contributed by atoms with Crippen LogP contribution < -0.4 is 10.6 Å². The second kappa shape index (κ2) is 7.09. The molecular formula is C14H18BrN3O2S. The summed E-state index contributed by atoms with van der Waals surface area (Å²) in [5, 5.41) is 0. The summed E-state index contributed by atoms with van der Waals surface area (Å²) in [6, 6.07) is 5.88. The molecule has 1 aliphatic heterocycles. The van der Waals surface area contributed by atoms with E-state index in [9.17, 15) is 4.79 Å². The third kappa shape index (κ3) is 3.65. The first-order valence-corrected chi connectivity index (χ1v) is 7.99. The minimum Gasteiger partial charge on any atom is -0.450 e. The van der Waals surface area contributed by atoms with E-state index in [4.69, 9.17) is 22.7 Å². The molecule has 2 N–H and O–H groups in total. The van der Waals surface area contributed by atoms with Crippen molar-refractivity contribution in [2.75, 3.05) is 37.7 Å². The SMILES string of the molecule is CCOC(=O)N1CCN(c2cccc(Br)c2C(N)=S)CC1. The maximum atomic E-state index is 11.7. The van der Waals surface area contributed by atoms with Crippen molar-refractivity contribution in [2.24, 2.45) is 5.73 Å². The lowest BCUT2D eigenvalue weighted by molar-refractivity contribution is 0.105. The van der Waals surface area contributed by atoms with E-state index >= 15 is 0 Å². The lowest BCUT2D eigenvalue weighted by atomic mass is 10.1. The fourth-order valence-corrected chi connectivity index (χ4v) is 3.28. The van der Waals surface area contributed by atoms with Crippen molar-refractivity contribution in [2.45, 2.75) is 6.92 Å². The number of hydrogen-bond acceptors (Lipinski definition) is 4. The fourth-order valence-electron chi connectivity index (χ4n) is 2.36. The van der Waals surface area contributed by atoms with Gasteiger partial charge in [-0.25, -0.2) is 4.79 Å². The molecule has 2 rings (SSSR count). The quantitative estimate of drug-likeness (QED) is 0.826. The minimum atomic E-state index is -0.249. The van der Waals surface area contributed by atoms with Crippen LogP contribution >= 0.6 is 28.1 Å². The van der Waals surface area contributed by atoms with Crippen LogP contribution in [0, 0.1) is 0 Å². The van der Waals surface area contributed by atoms with Crippen LogP contribution in [-0.2, 0) is 4.74 Å². The zero-order valence-electron chi connectivity index (χ0n) is 11.8. The van der Waals surface area contributed by atoms with Crippen LogP contribution in [0.15, 0.2) is 22.7 Å². The van der Waals surface area contributed by atoms with Crippen molar-refractivity contribution in [3.05, 3.63) is 28.2 Å². The van der Waals surface area contributed by atoms with Gasteiger partial charge in [0, 0.05) is 41.9 Å². The zero-order valence-corrected chi connectivity index (χ0v) is 14.2. The van der Waals surface area contributed by atoms with Crippen LogP contribution in [0.1, 0.15) is 12.5 Å². The number of carbonyl (C=O) groups is 1. The van der Waals surface area contributed by atoms with E-state index in [2.05, 4.69) is 20.8 Å². The number of hydrogen-bond donors (Lipinski definition) is 1. The highest BCUT2D eigenvalue weighted by atomic mass is 79.9. The Morgan fingerprint density at radius 2 is 2.05 bits per heavy atom. The summed E-state index contributed by atoms with van der Waals surface area (Å²) in [6.07, 6.45) is -0.249. The van der Waals surface area contributed by atoms with E-state index < -0.39 is 0 Å². The largest absolute Gasteiger partial charge is 0.450 e. The number of piperazine rings is 1. The molecule has 1 aliphatic rings. The molecule has 1 aromatic carbocycles. The van der Waals surface area contributed by atoms with Gasteiger partial charge in [-0.05, 0) is 35.0 Å². The van der Waals surface area contributed by atoms with E-state index in [0.717, 1.165) is 28.8 Å². The molecule has 114 valence electrons. The first-order chi connectivity index (χ1) is 10.0. The molecule has 21 heavy (non-hydrogen) atoms. The van der Waals surface area contributed by atoms with Crippen molar-refractivity contribution in [3.63, 3.8) is 0 Å². The summed E-state index contributed by atoms with van der Waals surface area (Å²) in [7, 11) is 0. The number of benzene rings is 1. The molecule has 0 bridgehead atoms. The standard InChI is InChI=1S/C14H18BrN3O2S/c1-2-20-14(19)18-8-6-17(7-9-18)11-5-3-4-10(15)12(11)13(16)21/h3-5H,2,6-9H2,1H3,(H2,16,21). The molecule has 0 atom stereocenters. The average molecular weight is 372 g/mol. The molecular weight excluding hydrogens is 354 g/mol. The molecule has 7 heteroatoms. The number of thiocarbonyl (C=S) groups is 1. The lowest BCUT2D eigenvalue weighted by Gasteiger charge is -2.36. The third-order valence-corrected chi connectivity index (χ3v) is 4.25. The number of halogens is 1. The van der Waals surface area contributed by atoms with Crippen molar-refractivity contribution >= 4 is 44.9 Å². The molecule has 0 saturated carbocycles. The molecule has 1 heterocycles. The average Bonchev–Trinajstić information content (AvgIpc) is 2.47. The first kappa shape index (κ1) is 16.0. The number of anilines is 1. The van der Waals surface area contributed by atoms with Gasteiger partial charge in [-0.3, -0.25) is 0 Å². The Morgan fingerprint density at radius 1 is 1.38 bits per heavy atom. The number of nitrogens with two attached hydrogens (primary N) is 1. The Hall–Kier alpha value is -1.34. The maximum absolute atomic E-state index is 11.7. The summed E-state index contributed by atoms with van der Waals surface area (Å²) in [4.78, 5) is 16.0. The van der Waals surface area contributed by atoms with Crippen molar-refractivity contribution in [1.29, 1.82) is 0 Å². The molecule has 1 fully saturated rings. The molecule has 0 radical (unpaired) electrons. The summed E-state index contributed by atoms with van der Waals surface area (Å²) in [6.45, 7) is 4.92. The van der Waals surface area contributed by atoms with Gasteiger partial charge >= 0.3 is 6.09 Å². The van der Waals surface area contributed by atoms with E-state index in [1.165, 1.54) is 0 Å². The Morgan fingerprint density at radius 3 is 2.62 bits per heavy atom. The number of nitrogens with zero attached hydrogens (tertiary/aromatic N) is 2. The summed E-state index contributed by atoms with van der Waals surface area (Å²) >= 11 is 8.63. The van der Waals surface area contributed by atoms with Crippen LogP contribution in [0.25, 0.3) is 0 Å². The highest BCUT2D eigenvalue weighted by Gasteiger charge is 2.24. The smallest absolute Gasteiger partial charge is 0.409 e. The van der Waals surface area contributed by atoms with Gasteiger partial charge in [0.1, 0.15) is 4.99 Å². The summed E-state index contributed by atoms with van der Waals surface area (Å²) in [5.41, 5.74) is 7.67. The van der Waals surface area contributed by atoms with Gasteiger partial charge in [-0.2, -0.15) is 0 Å². The topological polar surface area (TPSA) is 58.8 Å². The highest BCUT2D eigenvalue weighted by Crippen LogP contribution is 2.28. The molecule has 1 saturated heterocycles. The van der Waals surface area contributed by atoms with E-state index in [0.29, 0.717) is 24.7 Å². The van der Waals surface area contributed by atoms with E-state index in [1.54, 1.807) is 4.90 Å². The molecule has 5 nitrogen and oxygen atoms in total. The Kier molecular flexibility index (Phi) is 5.41. The predicted molar refractivity (Wildman–Crippen MR) is 90.8 cm³/mol. The van der Waals surface area contributed by atoms with Crippen LogP contribution in [0.4, 0.5) is 10.5 Å². The minimum absolute atomic E-state index is 0.249. The second-order valence-corrected chi connectivity index (χ2v) is 5.97. The van der Waals surface area contributed by atoms with E-state index in [-0.39, 0.29) is 6.09 Å². The van der Waals surface area contributed by atoms with Gasteiger partial charge in [0.05, 0.1) is 6.61 Å². The van der Waals surface area contributed by atoms with Gasteiger partial charge < -0.3 is 20.3 Å². The van der Waals surface area contributed by atoms with Crippen molar-refractivity contribution in [3.8, 4) is 0 Å². The second-order valence-electron chi connectivity index (χ2n) is 4.67. The normalized spacial score (nSPS) is 15.0. The molecule has 0 aliphatic carbocycles. The van der Waals surface area contributed by atoms with Crippen LogP contribution in [0.3, 0.4) is 0 Å². The van der Waals surface area contributed by atoms with Gasteiger partial charge in [0.15, 0.2) is 0 Å². The lowest BCUT2D eigenvalue weighted by Crippen LogP contribution is -2.49. The van der Waals surface area contributed by atoms with Crippen LogP contribution in [0.2, 0.25) is 0 Å². The Labute approximate surface area is 138 Å². The summed E-state index contributed by atoms with van der Waals surface area (Å²) in [5.74, 6) is 0. The number of rotatable bonds is 3. The molecule has 1 aromatic rings. The number of ether oxygens (including phenoxy) is 1. The van der Waals surface area contributed by atoms with Crippen LogP contribution in [0.5, 0.6) is 0 Å². The zero-order chi connectivity index (χ0) is 15.4. The molecule has 0 unspecified atom stereocenters. The third-order valence-electron chi connectivity index (χ3n) is 3.38. The maximum Gasteiger partial charge on any atom is 0.409 e. The number of amides is 1. The molecule has 0 aromatic heterocycles. The van der Waals surface area contributed by atoms with Crippen LogP contribution in [-0.4, -0.2) is 48.8 Å².